The number of nitrogens with one attached hydrogen (secondary N) is 1. The fourth-order valence-electron chi connectivity index (χ4n) is 1.64. The van der Waals surface area contributed by atoms with E-state index in [1.165, 1.54) is 7.11 Å². The molecule has 3 N–H and O–H groups in total. The minimum absolute atomic E-state index is 0.235. The number of benzene rings is 1. The van der Waals surface area contributed by atoms with Gasteiger partial charge in [-0.2, -0.15) is 0 Å². The van der Waals surface area contributed by atoms with Crippen LogP contribution in [0.5, 0.6) is 17.4 Å². The van der Waals surface area contributed by atoms with Gasteiger partial charge in [0.15, 0.2) is 5.69 Å². The lowest BCUT2D eigenvalue weighted by Gasteiger charge is -2.08. The number of methoxy groups -OCH3 is 1. The summed E-state index contributed by atoms with van der Waals surface area (Å²) >= 11 is 0. The molecular formula is C14H16N4O3. The molecular weight excluding hydrogens is 272 g/mol. The Bertz CT molecular complexity index is 629. The summed E-state index contributed by atoms with van der Waals surface area (Å²) in [5.74, 6) is 1.08. The molecule has 1 aromatic heterocycles. The topological polar surface area (TPSA) is 99.4 Å². The van der Waals surface area contributed by atoms with E-state index >= 15 is 0 Å². The SMILES string of the molecule is CCNC(=O)c1ccc(Oc2ccc(OC)c(N)c2)nn1. The molecule has 7 nitrogen and oxygen atoms in total. The van der Waals surface area contributed by atoms with Crippen LogP contribution in [0.2, 0.25) is 0 Å². The molecule has 0 saturated carbocycles. The average molecular weight is 288 g/mol. The number of nitrogen functional groups attached to an aromatic ring is 1. The molecule has 0 radical (unpaired) electrons. The van der Waals surface area contributed by atoms with Crippen LogP contribution in [-0.2, 0) is 0 Å². The van der Waals surface area contributed by atoms with Crippen LogP contribution >= 0.6 is 0 Å². The first kappa shape index (κ1) is 14.6. The van der Waals surface area contributed by atoms with Crippen LogP contribution in [0.4, 0.5) is 5.69 Å². The molecule has 7 heteroatoms. The zero-order valence-electron chi connectivity index (χ0n) is 11.8. The summed E-state index contributed by atoms with van der Waals surface area (Å²) < 4.78 is 10.6. The van der Waals surface area contributed by atoms with Crippen molar-refractivity contribution in [1.82, 2.24) is 15.5 Å². The number of nitrogens with zero attached hydrogens (tertiary/aromatic N) is 2. The van der Waals surface area contributed by atoms with Gasteiger partial charge < -0.3 is 20.5 Å². The molecule has 2 rings (SSSR count). The van der Waals surface area contributed by atoms with Gasteiger partial charge in [0.2, 0.25) is 5.88 Å². The predicted molar refractivity (Wildman–Crippen MR) is 77.5 cm³/mol. The van der Waals surface area contributed by atoms with E-state index in [1.54, 1.807) is 30.3 Å². The second kappa shape index (κ2) is 6.56. The van der Waals surface area contributed by atoms with Crippen molar-refractivity contribution < 1.29 is 14.3 Å². The highest BCUT2D eigenvalue weighted by Gasteiger charge is 2.08. The maximum atomic E-state index is 11.5. The van der Waals surface area contributed by atoms with Gasteiger partial charge >= 0.3 is 0 Å². The van der Waals surface area contributed by atoms with Crippen molar-refractivity contribution in [3.8, 4) is 17.4 Å². The number of aromatic nitrogens is 2. The van der Waals surface area contributed by atoms with E-state index in [4.69, 9.17) is 15.2 Å². The van der Waals surface area contributed by atoms with Crippen molar-refractivity contribution in [3.05, 3.63) is 36.0 Å². The molecule has 1 aromatic carbocycles. The third-order valence-electron chi connectivity index (χ3n) is 2.63. The van der Waals surface area contributed by atoms with Gasteiger partial charge in [0.05, 0.1) is 12.8 Å². The molecule has 21 heavy (non-hydrogen) atoms. The van der Waals surface area contributed by atoms with Crippen LogP contribution in [0.1, 0.15) is 17.4 Å². The van der Waals surface area contributed by atoms with Gasteiger partial charge in [0.25, 0.3) is 5.91 Å². The molecule has 0 atom stereocenters. The Hall–Kier alpha value is -2.83. The highest BCUT2D eigenvalue weighted by molar-refractivity contribution is 5.91. The second-order valence-electron chi connectivity index (χ2n) is 4.12. The molecule has 1 amide bonds. The highest BCUT2D eigenvalue weighted by Crippen LogP contribution is 2.28. The van der Waals surface area contributed by atoms with Crippen molar-refractivity contribution in [1.29, 1.82) is 0 Å². The van der Waals surface area contributed by atoms with Crippen LogP contribution < -0.4 is 20.5 Å². The third kappa shape index (κ3) is 3.59. The smallest absolute Gasteiger partial charge is 0.271 e. The lowest BCUT2D eigenvalue weighted by atomic mass is 10.3. The van der Waals surface area contributed by atoms with Crippen LogP contribution in [-0.4, -0.2) is 29.8 Å². The molecule has 0 bridgehead atoms. The standard InChI is InChI=1S/C14H16N4O3/c1-3-16-14(19)11-5-7-13(18-17-11)21-9-4-6-12(20-2)10(15)8-9/h4-8H,3,15H2,1-2H3,(H,16,19). The second-order valence-corrected chi connectivity index (χ2v) is 4.12. The first-order chi connectivity index (χ1) is 10.1. The number of hydrogen-bond donors (Lipinski definition) is 2. The summed E-state index contributed by atoms with van der Waals surface area (Å²) in [7, 11) is 1.54. The van der Waals surface area contributed by atoms with Crippen molar-refractivity contribution >= 4 is 11.6 Å². The largest absolute Gasteiger partial charge is 0.495 e. The zero-order chi connectivity index (χ0) is 15.2. The van der Waals surface area contributed by atoms with Gasteiger partial charge in [-0.25, -0.2) is 0 Å². The minimum Gasteiger partial charge on any atom is -0.495 e. The van der Waals surface area contributed by atoms with Crippen LogP contribution in [0, 0.1) is 0 Å². The van der Waals surface area contributed by atoms with Crippen molar-refractivity contribution in [2.45, 2.75) is 6.92 Å². The Morgan fingerprint density at radius 1 is 1.29 bits per heavy atom. The number of hydrogen-bond acceptors (Lipinski definition) is 6. The van der Waals surface area contributed by atoms with E-state index in [2.05, 4.69) is 15.5 Å². The average Bonchev–Trinajstić information content (AvgIpc) is 2.48. The number of ether oxygens (including phenoxy) is 2. The van der Waals surface area contributed by atoms with Crippen molar-refractivity contribution in [2.24, 2.45) is 0 Å². The van der Waals surface area contributed by atoms with Crippen molar-refractivity contribution in [3.63, 3.8) is 0 Å². The van der Waals surface area contributed by atoms with E-state index in [0.29, 0.717) is 23.7 Å². The van der Waals surface area contributed by atoms with E-state index in [9.17, 15) is 4.79 Å². The number of anilines is 1. The molecule has 0 aliphatic carbocycles. The van der Waals surface area contributed by atoms with Crippen molar-refractivity contribution in [2.75, 3.05) is 19.4 Å². The summed E-state index contributed by atoms with van der Waals surface area (Å²) in [6.07, 6.45) is 0. The van der Waals surface area contributed by atoms with E-state index in [-0.39, 0.29) is 17.5 Å². The molecule has 1 heterocycles. The molecule has 0 fully saturated rings. The lowest BCUT2D eigenvalue weighted by molar-refractivity contribution is 0.0949. The highest BCUT2D eigenvalue weighted by atomic mass is 16.5. The Labute approximate surface area is 122 Å². The molecule has 110 valence electrons. The summed E-state index contributed by atoms with van der Waals surface area (Å²) in [5.41, 5.74) is 6.48. The number of nitrogens with two attached hydrogens (primary N) is 1. The minimum atomic E-state index is -0.273. The Morgan fingerprint density at radius 3 is 2.67 bits per heavy atom. The Kier molecular flexibility index (Phi) is 4.55. The first-order valence-corrected chi connectivity index (χ1v) is 6.37. The van der Waals surface area contributed by atoms with E-state index in [1.807, 2.05) is 6.92 Å². The van der Waals surface area contributed by atoms with E-state index in [0.717, 1.165) is 0 Å². The molecule has 0 unspecified atom stereocenters. The molecule has 0 spiro atoms. The third-order valence-corrected chi connectivity index (χ3v) is 2.63. The summed E-state index contributed by atoms with van der Waals surface area (Å²) in [5, 5.41) is 10.3. The van der Waals surface area contributed by atoms with Gasteiger partial charge in [-0.3, -0.25) is 4.79 Å². The van der Waals surface area contributed by atoms with Crippen LogP contribution in [0.15, 0.2) is 30.3 Å². The van der Waals surface area contributed by atoms with Crippen LogP contribution in [0.3, 0.4) is 0 Å². The summed E-state index contributed by atoms with van der Waals surface area (Å²) in [4.78, 5) is 11.5. The molecule has 0 aliphatic heterocycles. The lowest BCUT2D eigenvalue weighted by Crippen LogP contribution is -2.23. The Balaban J connectivity index is 2.10. The maximum Gasteiger partial charge on any atom is 0.271 e. The normalized spacial score (nSPS) is 10.0. The van der Waals surface area contributed by atoms with Gasteiger partial charge in [0.1, 0.15) is 11.5 Å². The number of rotatable bonds is 5. The first-order valence-electron chi connectivity index (χ1n) is 6.37. The van der Waals surface area contributed by atoms with E-state index < -0.39 is 0 Å². The molecule has 2 aromatic rings. The van der Waals surface area contributed by atoms with Gasteiger partial charge in [-0.15, -0.1) is 10.2 Å². The van der Waals surface area contributed by atoms with Gasteiger partial charge in [-0.05, 0) is 25.1 Å². The molecule has 0 saturated heterocycles. The summed E-state index contributed by atoms with van der Waals surface area (Å²) in [6, 6.07) is 8.13. The maximum absolute atomic E-state index is 11.5. The predicted octanol–water partition coefficient (Wildman–Crippen LogP) is 1.61. The van der Waals surface area contributed by atoms with Gasteiger partial charge in [-0.1, -0.05) is 0 Å². The fourth-order valence-corrected chi connectivity index (χ4v) is 1.64. The Morgan fingerprint density at radius 2 is 2.10 bits per heavy atom. The summed E-state index contributed by atoms with van der Waals surface area (Å²) in [6.45, 7) is 2.36. The van der Waals surface area contributed by atoms with Gasteiger partial charge in [0, 0.05) is 18.7 Å². The number of carbonyl (C=O) groups is 1. The molecule has 0 aliphatic rings. The number of carbonyl (C=O) groups excluding carboxylic acids is 1. The van der Waals surface area contributed by atoms with Crippen LogP contribution in [0.25, 0.3) is 0 Å². The fraction of sp³-hybridized carbons (Fsp3) is 0.214. The zero-order valence-corrected chi connectivity index (χ0v) is 11.8. The monoisotopic (exact) mass is 288 g/mol. The quantitative estimate of drug-likeness (QED) is 0.811. The number of amides is 1.